The van der Waals surface area contributed by atoms with Gasteiger partial charge in [0, 0.05) is 10.1 Å². The summed E-state index contributed by atoms with van der Waals surface area (Å²) in [6.07, 6.45) is 0. The Morgan fingerprint density at radius 3 is 2.43 bits per heavy atom. The molecule has 116 valence electrons. The van der Waals surface area contributed by atoms with E-state index in [2.05, 4.69) is 4.72 Å². The number of nitrogens with two attached hydrogens (primary N) is 1. The van der Waals surface area contributed by atoms with E-state index in [1.54, 1.807) is 22.6 Å². The molecular formula is C12H15IN2O5S. The Morgan fingerprint density at radius 2 is 1.95 bits per heavy atom. The van der Waals surface area contributed by atoms with Gasteiger partial charge in [0.25, 0.3) is 0 Å². The average molecular weight is 426 g/mol. The molecule has 1 amide bonds. The smallest absolute Gasteiger partial charge is 0.336 e. The van der Waals surface area contributed by atoms with Crippen LogP contribution in [0.2, 0.25) is 0 Å². The molecule has 0 saturated heterocycles. The van der Waals surface area contributed by atoms with Crippen molar-refractivity contribution in [2.45, 2.75) is 18.7 Å². The van der Waals surface area contributed by atoms with Crippen molar-refractivity contribution in [1.29, 1.82) is 0 Å². The van der Waals surface area contributed by atoms with Crippen molar-refractivity contribution in [3.8, 4) is 0 Å². The van der Waals surface area contributed by atoms with Crippen LogP contribution in [0.1, 0.15) is 24.2 Å². The van der Waals surface area contributed by atoms with E-state index in [0.717, 1.165) is 6.07 Å². The molecule has 0 atom stereocenters. The number of primary amides is 1. The maximum Gasteiger partial charge on any atom is 0.336 e. The normalized spacial score (nSPS) is 12.1. The number of sulfonamides is 1. The maximum atomic E-state index is 12.1. The lowest BCUT2D eigenvalue weighted by atomic mass is 9.93. The number of aromatic carboxylic acids is 1. The first kappa shape index (κ1) is 17.9. The van der Waals surface area contributed by atoms with Gasteiger partial charge in [0.15, 0.2) is 0 Å². The van der Waals surface area contributed by atoms with Crippen molar-refractivity contribution in [3.63, 3.8) is 0 Å². The fraction of sp³-hybridized carbons (Fsp3) is 0.333. The van der Waals surface area contributed by atoms with E-state index in [1.807, 2.05) is 0 Å². The molecule has 0 aliphatic carbocycles. The van der Waals surface area contributed by atoms with Gasteiger partial charge in [-0.2, -0.15) is 0 Å². The van der Waals surface area contributed by atoms with Crippen LogP contribution >= 0.6 is 22.6 Å². The highest BCUT2D eigenvalue weighted by Crippen LogP contribution is 2.19. The SMILES string of the molecule is CC(C)(CNS(=O)(=O)c1ccc(I)c(C(=O)O)c1)C(N)=O. The van der Waals surface area contributed by atoms with E-state index < -0.39 is 27.3 Å². The topological polar surface area (TPSA) is 127 Å². The molecule has 0 saturated carbocycles. The number of carbonyl (C=O) groups is 2. The fourth-order valence-corrected chi connectivity index (χ4v) is 3.09. The van der Waals surface area contributed by atoms with E-state index in [-0.39, 0.29) is 17.0 Å². The first-order chi connectivity index (χ1) is 9.47. The summed E-state index contributed by atoms with van der Waals surface area (Å²) in [5.41, 5.74) is 4.02. The zero-order valence-corrected chi connectivity index (χ0v) is 14.4. The second kappa shape index (κ2) is 6.28. The molecule has 0 heterocycles. The highest BCUT2D eigenvalue weighted by molar-refractivity contribution is 14.1. The number of carbonyl (C=O) groups excluding carboxylic acids is 1. The van der Waals surface area contributed by atoms with Gasteiger partial charge >= 0.3 is 5.97 Å². The number of nitrogens with one attached hydrogen (secondary N) is 1. The van der Waals surface area contributed by atoms with E-state index in [0.29, 0.717) is 3.57 Å². The van der Waals surface area contributed by atoms with Crippen LogP contribution in [0.3, 0.4) is 0 Å². The van der Waals surface area contributed by atoms with Gasteiger partial charge in [0.05, 0.1) is 15.9 Å². The molecule has 0 fully saturated rings. The van der Waals surface area contributed by atoms with Crippen LogP contribution < -0.4 is 10.5 Å². The molecule has 1 aromatic rings. The van der Waals surface area contributed by atoms with Crippen molar-refractivity contribution >= 4 is 44.5 Å². The molecule has 4 N–H and O–H groups in total. The van der Waals surface area contributed by atoms with Crippen LogP contribution in [0.25, 0.3) is 0 Å². The predicted octanol–water partition coefficient (Wildman–Crippen LogP) is 0.779. The van der Waals surface area contributed by atoms with Gasteiger partial charge in [-0.05, 0) is 54.6 Å². The molecule has 0 bridgehead atoms. The van der Waals surface area contributed by atoms with Crippen molar-refractivity contribution in [3.05, 3.63) is 27.3 Å². The zero-order valence-electron chi connectivity index (χ0n) is 11.4. The maximum absolute atomic E-state index is 12.1. The molecule has 0 radical (unpaired) electrons. The Kier molecular flexibility index (Phi) is 5.34. The van der Waals surface area contributed by atoms with Gasteiger partial charge in [-0.1, -0.05) is 0 Å². The number of benzene rings is 1. The number of halogens is 1. The molecule has 0 aromatic heterocycles. The summed E-state index contributed by atoms with van der Waals surface area (Å²) in [6, 6.07) is 3.77. The van der Waals surface area contributed by atoms with Crippen LogP contribution in [-0.2, 0) is 14.8 Å². The number of hydrogen-bond acceptors (Lipinski definition) is 4. The minimum absolute atomic E-state index is 0.104. The Morgan fingerprint density at radius 1 is 1.38 bits per heavy atom. The van der Waals surface area contributed by atoms with Gasteiger partial charge in [0.1, 0.15) is 0 Å². The Balaban J connectivity index is 3.07. The molecule has 0 unspecified atom stereocenters. The number of rotatable bonds is 6. The van der Waals surface area contributed by atoms with Gasteiger partial charge < -0.3 is 10.8 Å². The number of hydrogen-bond donors (Lipinski definition) is 3. The molecule has 0 spiro atoms. The minimum Gasteiger partial charge on any atom is -0.478 e. The number of amides is 1. The van der Waals surface area contributed by atoms with Gasteiger partial charge in [-0.25, -0.2) is 17.9 Å². The average Bonchev–Trinajstić information content (AvgIpc) is 2.36. The lowest BCUT2D eigenvalue weighted by molar-refractivity contribution is -0.125. The molecule has 0 aliphatic heterocycles. The Bertz CT molecular complexity index is 685. The summed E-state index contributed by atoms with van der Waals surface area (Å²) in [6.45, 7) is 2.84. The zero-order chi connectivity index (χ0) is 16.4. The van der Waals surface area contributed by atoms with E-state index in [1.165, 1.54) is 26.0 Å². The molecule has 1 rings (SSSR count). The summed E-state index contributed by atoms with van der Waals surface area (Å²) in [4.78, 5) is 22.0. The quantitative estimate of drug-likeness (QED) is 0.580. The summed E-state index contributed by atoms with van der Waals surface area (Å²) in [5, 5.41) is 9.01. The third kappa shape index (κ3) is 4.38. The van der Waals surface area contributed by atoms with Gasteiger partial charge in [-0.3, -0.25) is 4.79 Å². The first-order valence-electron chi connectivity index (χ1n) is 5.80. The first-order valence-corrected chi connectivity index (χ1v) is 8.36. The van der Waals surface area contributed by atoms with Crippen molar-refractivity contribution in [1.82, 2.24) is 4.72 Å². The fourth-order valence-electron chi connectivity index (χ4n) is 1.28. The summed E-state index contributed by atoms with van der Waals surface area (Å²) in [5.74, 6) is -1.85. The van der Waals surface area contributed by atoms with Crippen LogP contribution in [0.4, 0.5) is 0 Å². The van der Waals surface area contributed by atoms with Crippen molar-refractivity contribution in [2.24, 2.45) is 11.1 Å². The number of carboxylic acid groups (broad SMARTS) is 1. The summed E-state index contributed by atoms with van der Waals surface area (Å²) >= 11 is 1.81. The van der Waals surface area contributed by atoms with Crippen LogP contribution in [0, 0.1) is 8.99 Å². The Hall–Kier alpha value is -1.20. The van der Waals surface area contributed by atoms with Crippen molar-refractivity contribution in [2.75, 3.05) is 6.54 Å². The van der Waals surface area contributed by atoms with E-state index in [4.69, 9.17) is 10.8 Å². The third-order valence-corrected chi connectivity index (χ3v) is 5.19. The molecule has 9 heteroatoms. The molecular weight excluding hydrogens is 411 g/mol. The summed E-state index contributed by atoms with van der Waals surface area (Å²) in [7, 11) is -3.92. The molecule has 21 heavy (non-hydrogen) atoms. The van der Waals surface area contributed by atoms with Crippen LogP contribution in [-0.4, -0.2) is 31.9 Å². The van der Waals surface area contributed by atoms with Crippen LogP contribution in [0.15, 0.2) is 23.1 Å². The van der Waals surface area contributed by atoms with Crippen molar-refractivity contribution < 1.29 is 23.1 Å². The second-order valence-corrected chi connectivity index (χ2v) is 7.95. The van der Waals surface area contributed by atoms with E-state index >= 15 is 0 Å². The van der Waals surface area contributed by atoms with Gasteiger partial charge in [0.2, 0.25) is 15.9 Å². The van der Waals surface area contributed by atoms with Crippen LogP contribution in [0.5, 0.6) is 0 Å². The monoisotopic (exact) mass is 426 g/mol. The Labute approximate surface area is 136 Å². The highest BCUT2D eigenvalue weighted by atomic mass is 127. The largest absolute Gasteiger partial charge is 0.478 e. The predicted molar refractivity (Wildman–Crippen MR) is 84.3 cm³/mol. The minimum atomic E-state index is -3.92. The lowest BCUT2D eigenvalue weighted by Gasteiger charge is -2.20. The molecule has 0 aliphatic rings. The highest BCUT2D eigenvalue weighted by Gasteiger charge is 2.28. The number of carboxylic acids is 1. The lowest BCUT2D eigenvalue weighted by Crippen LogP contribution is -2.42. The second-order valence-electron chi connectivity index (χ2n) is 5.02. The molecule has 7 nitrogen and oxygen atoms in total. The van der Waals surface area contributed by atoms with Gasteiger partial charge in [-0.15, -0.1) is 0 Å². The standard InChI is InChI=1S/C12H15IN2O5S/c1-12(2,11(14)18)6-15-21(19,20)7-3-4-9(13)8(5-7)10(16)17/h3-5,15H,6H2,1-2H3,(H2,14,18)(H,16,17). The third-order valence-electron chi connectivity index (χ3n) is 2.85. The molecule has 1 aromatic carbocycles. The summed E-state index contributed by atoms with van der Waals surface area (Å²) < 4.78 is 26.9. The van der Waals surface area contributed by atoms with E-state index in [9.17, 15) is 18.0 Å².